The lowest BCUT2D eigenvalue weighted by molar-refractivity contribution is 0.192. The van der Waals surface area contributed by atoms with Crippen LogP contribution in [0.4, 0.5) is 0 Å². The smallest absolute Gasteiger partial charge is 0.261 e. The molecular weight excluding hydrogens is 232 g/mol. The van der Waals surface area contributed by atoms with E-state index >= 15 is 0 Å². The summed E-state index contributed by atoms with van der Waals surface area (Å²) in [4.78, 5) is 4.46. The Morgan fingerprint density at radius 3 is 3.06 bits per heavy atom. The lowest BCUT2D eigenvalue weighted by Crippen LogP contribution is -2.00. The summed E-state index contributed by atoms with van der Waals surface area (Å²) in [5.74, 6) is 1.56. The molecule has 1 fully saturated rings. The number of aryl methyl sites for hydroxylation is 1. The Morgan fingerprint density at radius 1 is 1.50 bits per heavy atom. The molecule has 6 nitrogen and oxygen atoms in total. The fourth-order valence-electron chi connectivity index (χ4n) is 2.22. The Balaban J connectivity index is 1.90. The van der Waals surface area contributed by atoms with E-state index in [1.54, 1.807) is 6.20 Å². The zero-order chi connectivity index (χ0) is 12.5. The van der Waals surface area contributed by atoms with Gasteiger partial charge in [0.2, 0.25) is 0 Å². The molecule has 1 aliphatic heterocycles. The Labute approximate surface area is 105 Å². The van der Waals surface area contributed by atoms with Crippen LogP contribution in [0.2, 0.25) is 0 Å². The molecule has 2 aromatic heterocycles. The summed E-state index contributed by atoms with van der Waals surface area (Å²) in [6.45, 7) is 6.37. The van der Waals surface area contributed by atoms with Crippen molar-refractivity contribution in [2.75, 3.05) is 13.2 Å². The molecular formula is C12H16N4O2. The first-order valence-corrected chi connectivity index (χ1v) is 6.23. The van der Waals surface area contributed by atoms with Crippen molar-refractivity contribution in [2.24, 2.45) is 0 Å². The predicted molar refractivity (Wildman–Crippen MR) is 64.1 cm³/mol. The van der Waals surface area contributed by atoms with Crippen molar-refractivity contribution in [3.63, 3.8) is 0 Å². The van der Waals surface area contributed by atoms with Crippen LogP contribution in [-0.4, -0.2) is 33.1 Å². The number of rotatable bonds is 3. The van der Waals surface area contributed by atoms with Gasteiger partial charge in [0.1, 0.15) is 0 Å². The maximum atomic E-state index is 5.33. The van der Waals surface area contributed by atoms with Crippen LogP contribution in [0.15, 0.2) is 10.7 Å². The van der Waals surface area contributed by atoms with Crippen LogP contribution in [0.25, 0.3) is 11.5 Å². The molecule has 0 unspecified atom stereocenters. The maximum Gasteiger partial charge on any atom is 0.261 e. The Morgan fingerprint density at radius 2 is 2.39 bits per heavy atom. The summed E-state index contributed by atoms with van der Waals surface area (Å²) in [6, 6.07) is 0. The van der Waals surface area contributed by atoms with E-state index in [9.17, 15) is 0 Å². The summed E-state index contributed by atoms with van der Waals surface area (Å²) in [7, 11) is 0. The van der Waals surface area contributed by atoms with Crippen molar-refractivity contribution < 1.29 is 9.26 Å². The van der Waals surface area contributed by atoms with Gasteiger partial charge in [-0.3, -0.25) is 4.68 Å². The summed E-state index contributed by atoms with van der Waals surface area (Å²) >= 11 is 0. The van der Waals surface area contributed by atoms with E-state index in [4.69, 9.17) is 9.26 Å². The van der Waals surface area contributed by atoms with Crippen molar-refractivity contribution >= 4 is 0 Å². The molecule has 6 heteroatoms. The third-order valence-electron chi connectivity index (χ3n) is 3.37. The number of ether oxygens (including phenoxy) is 1. The first kappa shape index (κ1) is 11.4. The number of aromatic nitrogens is 4. The van der Waals surface area contributed by atoms with Gasteiger partial charge in [-0.25, -0.2) is 0 Å². The molecule has 18 heavy (non-hydrogen) atoms. The minimum absolute atomic E-state index is 0.268. The van der Waals surface area contributed by atoms with E-state index in [1.165, 1.54) is 0 Å². The SMILES string of the molecule is CCn1ncc(-c2nc([C@H]3CCOC3)no2)c1C. The third kappa shape index (κ3) is 1.82. The van der Waals surface area contributed by atoms with E-state index < -0.39 is 0 Å². The van der Waals surface area contributed by atoms with Gasteiger partial charge in [-0.15, -0.1) is 0 Å². The van der Waals surface area contributed by atoms with Gasteiger partial charge in [0, 0.05) is 24.8 Å². The molecule has 0 spiro atoms. The molecule has 1 aliphatic rings. The van der Waals surface area contributed by atoms with Crippen LogP contribution in [0.5, 0.6) is 0 Å². The van der Waals surface area contributed by atoms with Gasteiger partial charge in [0.25, 0.3) is 5.89 Å². The van der Waals surface area contributed by atoms with Crippen LogP contribution in [0, 0.1) is 6.92 Å². The molecule has 3 rings (SSSR count). The molecule has 2 aromatic rings. The first-order valence-electron chi connectivity index (χ1n) is 6.23. The Kier molecular flexibility index (Phi) is 2.87. The second-order valence-corrected chi connectivity index (χ2v) is 4.48. The molecule has 0 N–H and O–H groups in total. The highest BCUT2D eigenvalue weighted by Gasteiger charge is 2.24. The second kappa shape index (κ2) is 4.53. The minimum Gasteiger partial charge on any atom is -0.381 e. The van der Waals surface area contributed by atoms with E-state index in [2.05, 4.69) is 22.2 Å². The molecule has 1 atom stereocenters. The van der Waals surface area contributed by atoms with Gasteiger partial charge in [-0.2, -0.15) is 10.1 Å². The van der Waals surface area contributed by atoms with Gasteiger partial charge in [-0.1, -0.05) is 5.16 Å². The van der Waals surface area contributed by atoms with Crippen LogP contribution in [0.3, 0.4) is 0 Å². The maximum absolute atomic E-state index is 5.33. The molecule has 0 aromatic carbocycles. The van der Waals surface area contributed by atoms with Crippen LogP contribution < -0.4 is 0 Å². The summed E-state index contributed by atoms with van der Waals surface area (Å²) in [5.41, 5.74) is 1.96. The fraction of sp³-hybridized carbons (Fsp3) is 0.583. The second-order valence-electron chi connectivity index (χ2n) is 4.48. The van der Waals surface area contributed by atoms with Crippen molar-refractivity contribution in [3.8, 4) is 11.5 Å². The van der Waals surface area contributed by atoms with E-state index in [1.807, 2.05) is 11.6 Å². The molecule has 96 valence electrons. The average Bonchev–Trinajstić information content (AvgIpc) is 3.08. The molecule has 0 saturated carbocycles. The normalized spacial score (nSPS) is 19.6. The average molecular weight is 248 g/mol. The van der Waals surface area contributed by atoms with Crippen molar-refractivity contribution in [1.82, 2.24) is 19.9 Å². The van der Waals surface area contributed by atoms with Crippen molar-refractivity contribution in [3.05, 3.63) is 17.7 Å². The Bertz CT molecular complexity index is 540. The van der Waals surface area contributed by atoms with Crippen molar-refractivity contribution in [1.29, 1.82) is 0 Å². The monoisotopic (exact) mass is 248 g/mol. The standard InChI is InChI=1S/C12H16N4O2/c1-3-16-8(2)10(6-13-16)12-14-11(15-18-12)9-4-5-17-7-9/h6,9H,3-5,7H2,1-2H3/t9-/m0/s1. The van der Waals surface area contributed by atoms with E-state index in [0.717, 1.165) is 36.7 Å². The third-order valence-corrected chi connectivity index (χ3v) is 3.37. The van der Waals surface area contributed by atoms with Gasteiger partial charge in [0.15, 0.2) is 5.82 Å². The predicted octanol–water partition coefficient (Wildman–Crippen LogP) is 1.77. The van der Waals surface area contributed by atoms with Gasteiger partial charge >= 0.3 is 0 Å². The van der Waals surface area contributed by atoms with Gasteiger partial charge in [0.05, 0.1) is 18.4 Å². The highest BCUT2D eigenvalue weighted by molar-refractivity contribution is 5.54. The van der Waals surface area contributed by atoms with Gasteiger partial charge in [-0.05, 0) is 20.3 Å². The minimum atomic E-state index is 0.268. The van der Waals surface area contributed by atoms with Crippen LogP contribution >= 0.6 is 0 Å². The molecule has 3 heterocycles. The number of hydrogen-bond donors (Lipinski definition) is 0. The summed E-state index contributed by atoms with van der Waals surface area (Å²) in [5, 5.41) is 8.33. The zero-order valence-electron chi connectivity index (χ0n) is 10.6. The Hall–Kier alpha value is -1.69. The van der Waals surface area contributed by atoms with E-state index in [-0.39, 0.29) is 5.92 Å². The lowest BCUT2D eigenvalue weighted by atomic mass is 10.1. The van der Waals surface area contributed by atoms with E-state index in [0.29, 0.717) is 12.5 Å². The van der Waals surface area contributed by atoms with Crippen LogP contribution in [0.1, 0.15) is 30.8 Å². The largest absolute Gasteiger partial charge is 0.381 e. The number of hydrogen-bond acceptors (Lipinski definition) is 5. The van der Waals surface area contributed by atoms with Crippen LogP contribution in [-0.2, 0) is 11.3 Å². The topological polar surface area (TPSA) is 66.0 Å². The molecule has 0 amide bonds. The first-order chi connectivity index (χ1) is 8.79. The van der Waals surface area contributed by atoms with Gasteiger partial charge < -0.3 is 9.26 Å². The summed E-state index contributed by atoms with van der Waals surface area (Å²) < 4.78 is 12.6. The fourth-order valence-corrected chi connectivity index (χ4v) is 2.22. The zero-order valence-corrected chi connectivity index (χ0v) is 10.6. The number of nitrogens with zero attached hydrogens (tertiary/aromatic N) is 4. The molecule has 0 aliphatic carbocycles. The lowest BCUT2D eigenvalue weighted by Gasteiger charge is -1.99. The molecule has 1 saturated heterocycles. The molecule has 0 radical (unpaired) electrons. The van der Waals surface area contributed by atoms with Crippen molar-refractivity contribution in [2.45, 2.75) is 32.7 Å². The summed E-state index contributed by atoms with van der Waals surface area (Å²) in [6.07, 6.45) is 2.74. The highest BCUT2D eigenvalue weighted by atomic mass is 16.5. The highest BCUT2D eigenvalue weighted by Crippen LogP contribution is 2.26. The quantitative estimate of drug-likeness (QED) is 0.828. The molecule has 0 bridgehead atoms.